The lowest BCUT2D eigenvalue weighted by Gasteiger charge is -2.73. The van der Waals surface area contributed by atoms with Gasteiger partial charge in [0.1, 0.15) is 67.1 Å². The molecule has 0 radical (unpaired) electrons. The fraction of sp³-hybridized carbons (Fsp3) is 0.842. The molecule has 8 unspecified atom stereocenters. The number of aliphatic hydroxyl groups excluding tert-OH is 11. The van der Waals surface area contributed by atoms with Crippen LogP contribution in [0.4, 0.5) is 0 Å². The molecule has 8 rings (SSSR count). The Hall–Kier alpha value is -3.05. The number of fused-ring (bicyclic) bond motifs is 7. The third-order valence-corrected chi connectivity index (χ3v) is 21.3. The number of carbonyl (C=O) groups is 3. The SMILES string of the molecule is C/C=C(/C)C(=O)O[C@H]1[C@H](OC(=O)/C(C)=C/C)[C@@]2(CO)C(CC1(C)C)C1=CCC3[C@@]4(C)CC[C@H](O[C@@H]5OC(C(=O)O)[C@@H](O)[C@@H](O[C@@H]6OC[C@@H](O)[C@@H](O)C6O)C5O[C@@H]5OC(CO)[C@H](O)[C@@H](O)C5O)C(C)(C)C4CC[C@@]3(C)[C@]1(C)[C@@H](O)[C@H]2O. The second kappa shape index (κ2) is 22.7. The zero-order chi connectivity index (χ0) is 59.3. The van der Waals surface area contributed by atoms with Crippen molar-refractivity contribution in [3.8, 4) is 0 Å². The molecule has 12 N–H and O–H groups in total. The molecule has 454 valence electrons. The summed E-state index contributed by atoms with van der Waals surface area (Å²) >= 11 is 0. The van der Waals surface area contributed by atoms with Gasteiger partial charge in [-0.2, -0.15) is 0 Å². The van der Waals surface area contributed by atoms with E-state index in [1.807, 2.05) is 34.6 Å². The second-order valence-corrected chi connectivity index (χ2v) is 26.1. The Bertz CT molecular complexity index is 2390. The molecule has 23 heteroatoms. The summed E-state index contributed by atoms with van der Waals surface area (Å²) in [5.74, 6) is -4.02. The van der Waals surface area contributed by atoms with Gasteiger partial charge in [0.15, 0.2) is 31.1 Å². The predicted molar refractivity (Wildman–Crippen MR) is 277 cm³/mol. The molecule has 0 aromatic carbocycles. The van der Waals surface area contributed by atoms with Crippen LogP contribution in [0, 0.1) is 50.2 Å². The molecule has 80 heavy (non-hydrogen) atoms. The number of carboxylic acids is 1. The maximum absolute atomic E-state index is 13.9. The van der Waals surface area contributed by atoms with Crippen LogP contribution in [-0.2, 0) is 52.3 Å². The van der Waals surface area contributed by atoms with Crippen molar-refractivity contribution >= 4 is 17.9 Å². The topological polar surface area (TPSA) is 368 Å². The van der Waals surface area contributed by atoms with Gasteiger partial charge >= 0.3 is 17.9 Å². The van der Waals surface area contributed by atoms with Crippen LogP contribution >= 0.6 is 0 Å². The predicted octanol–water partition coefficient (Wildman–Crippen LogP) is 0.263. The molecule has 4 saturated carbocycles. The van der Waals surface area contributed by atoms with Crippen molar-refractivity contribution in [2.45, 2.75) is 231 Å². The highest BCUT2D eigenvalue weighted by atomic mass is 16.8. The molecule has 23 nitrogen and oxygen atoms in total. The average Bonchev–Trinajstić information content (AvgIpc) is 1.80. The summed E-state index contributed by atoms with van der Waals surface area (Å²) in [6.45, 7) is 18.6. The van der Waals surface area contributed by atoms with E-state index >= 15 is 0 Å². The van der Waals surface area contributed by atoms with Gasteiger partial charge < -0.3 is 99.2 Å². The van der Waals surface area contributed by atoms with Crippen molar-refractivity contribution in [1.82, 2.24) is 0 Å². The van der Waals surface area contributed by atoms with Gasteiger partial charge in [0.2, 0.25) is 0 Å². The number of carboxylic acid groups (broad SMARTS) is 1. The minimum absolute atomic E-state index is 0.153. The molecular weight excluding hydrogens is 1050 g/mol. The number of rotatable bonds is 13. The molecule has 0 aromatic rings. The van der Waals surface area contributed by atoms with Crippen LogP contribution in [0.15, 0.2) is 34.9 Å². The average molecular weight is 1140 g/mol. The first-order chi connectivity index (χ1) is 37.3. The van der Waals surface area contributed by atoms with E-state index in [2.05, 4.69) is 19.9 Å². The second-order valence-electron chi connectivity index (χ2n) is 26.1. The molecule has 3 aliphatic heterocycles. The Morgan fingerprint density at radius 2 is 1.27 bits per heavy atom. The van der Waals surface area contributed by atoms with Crippen molar-refractivity contribution < 1.29 is 114 Å². The molecular formula is C57H88O23. The van der Waals surface area contributed by atoms with E-state index in [-0.39, 0.29) is 23.8 Å². The molecule has 0 spiro atoms. The maximum atomic E-state index is 13.9. The lowest BCUT2D eigenvalue weighted by atomic mass is 9.32. The molecule has 5 aliphatic carbocycles. The normalized spacial score (nSPS) is 49.2. The summed E-state index contributed by atoms with van der Waals surface area (Å²) in [6, 6.07) is 0. The minimum atomic E-state index is -2.13. The number of hydrogen-bond acceptors (Lipinski definition) is 22. The molecule has 7 fully saturated rings. The Morgan fingerprint density at radius 3 is 1.86 bits per heavy atom. The summed E-state index contributed by atoms with van der Waals surface area (Å²) in [7, 11) is 0. The molecule has 0 aromatic heterocycles. The van der Waals surface area contributed by atoms with Crippen molar-refractivity contribution in [1.29, 1.82) is 0 Å². The molecule has 8 aliphatic rings. The number of aliphatic hydroxyl groups is 11. The van der Waals surface area contributed by atoms with E-state index in [1.54, 1.807) is 39.8 Å². The largest absolute Gasteiger partial charge is 0.479 e. The van der Waals surface area contributed by atoms with Gasteiger partial charge in [-0.3, -0.25) is 0 Å². The molecule has 26 atom stereocenters. The van der Waals surface area contributed by atoms with Crippen LogP contribution in [-0.4, -0.2) is 216 Å². The van der Waals surface area contributed by atoms with E-state index in [0.29, 0.717) is 37.7 Å². The van der Waals surface area contributed by atoms with E-state index in [4.69, 9.17) is 37.9 Å². The third kappa shape index (κ3) is 9.85. The van der Waals surface area contributed by atoms with Crippen molar-refractivity contribution in [3.05, 3.63) is 34.9 Å². The maximum Gasteiger partial charge on any atom is 0.335 e. The Labute approximate surface area is 466 Å². The first-order valence-corrected chi connectivity index (χ1v) is 28.1. The van der Waals surface area contributed by atoms with Crippen LogP contribution in [0.2, 0.25) is 0 Å². The number of carbonyl (C=O) groups excluding carboxylic acids is 2. The first kappa shape index (κ1) is 63.0. The number of esters is 2. The van der Waals surface area contributed by atoms with Crippen LogP contribution in [0.3, 0.4) is 0 Å². The van der Waals surface area contributed by atoms with Crippen molar-refractivity contribution in [2.24, 2.45) is 50.2 Å². The number of hydrogen-bond donors (Lipinski definition) is 12. The Kier molecular flexibility index (Phi) is 17.9. The van der Waals surface area contributed by atoms with Crippen LogP contribution < -0.4 is 0 Å². The highest BCUT2D eigenvalue weighted by Crippen LogP contribution is 2.76. The van der Waals surface area contributed by atoms with Crippen LogP contribution in [0.1, 0.15) is 115 Å². The zero-order valence-electron chi connectivity index (χ0n) is 47.7. The molecule has 0 amide bonds. The van der Waals surface area contributed by atoms with E-state index < -0.39 is 193 Å². The Morgan fingerprint density at radius 1 is 0.675 bits per heavy atom. The number of allylic oxidation sites excluding steroid dienone is 3. The van der Waals surface area contributed by atoms with E-state index in [0.717, 1.165) is 5.57 Å². The standard InChI is InChI=1S/C57H88O23/c1-12-24(3)47(71)79-44-45(80-48(72)25(4)13-2)57(23-59)27(20-52(44,5)6)26-14-15-31-54(9)18-17-32(53(7,8)30(54)16-19-55(31,10)56(26,11)42(67)43(57)68)75-51-41(78-50-37(65)35(63)34(62)29(21-58)74-50)39(38(66)40(77-51)46(69)70)76-49-36(64)33(61)28(60)22-73-49/h12-14,27-45,49-51,58-68H,15-23H2,1-11H3,(H,69,70)/b24-12-,25-13+/t27?,28-,29?,30?,31?,32+,33-,34+,35-,36?,37?,38+,39-,40?,41?,42+,43-,44+,45+,49+,50+,51-,54+,55-,56+,57+/m1/s1. The Balaban J connectivity index is 1.14. The van der Waals surface area contributed by atoms with Crippen LogP contribution in [0.25, 0.3) is 0 Å². The van der Waals surface area contributed by atoms with Gasteiger partial charge in [-0.15, -0.1) is 0 Å². The highest BCUT2D eigenvalue weighted by molar-refractivity contribution is 5.89. The first-order valence-electron chi connectivity index (χ1n) is 28.1. The number of aliphatic carboxylic acids is 1. The van der Waals surface area contributed by atoms with Gasteiger partial charge in [-0.1, -0.05) is 72.3 Å². The molecule has 3 heterocycles. The highest BCUT2D eigenvalue weighted by Gasteiger charge is 2.76. The molecule has 3 saturated heterocycles. The lowest BCUT2D eigenvalue weighted by Crippen LogP contribution is -2.76. The van der Waals surface area contributed by atoms with Gasteiger partial charge in [0, 0.05) is 22.0 Å². The third-order valence-electron chi connectivity index (χ3n) is 21.3. The van der Waals surface area contributed by atoms with Gasteiger partial charge in [-0.25, -0.2) is 14.4 Å². The monoisotopic (exact) mass is 1140 g/mol. The quantitative estimate of drug-likeness (QED) is 0.0509. The lowest BCUT2D eigenvalue weighted by molar-refractivity contribution is -0.392. The summed E-state index contributed by atoms with van der Waals surface area (Å²) in [6.07, 6.45) is -24.4. The summed E-state index contributed by atoms with van der Waals surface area (Å²) in [5, 5.41) is 134. The van der Waals surface area contributed by atoms with Crippen molar-refractivity contribution in [2.75, 3.05) is 19.8 Å². The van der Waals surface area contributed by atoms with Gasteiger partial charge in [-0.05, 0) is 100 Å². The summed E-state index contributed by atoms with van der Waals surface area (Å²) < 4.78 is 48.9. The summed E-state index contributed by atoms with van der Waals surface area (Å²) in [5.41, 5.74) is -4.41. The fourth-order valence-electron chi connectivity index (χ4n) is 16.2. The zero-order valence-corrected chi connectivity index (χ0v) is 47.7. The molecule has 0 bridgehead atoms. The van der Waals surface area contributed by atoms with Gasteiger partial charge in [0.05, 0.1) is 43.5 Å². The fourth-order valence-corrected chi connectivity index (χ4v) is 16.2. The van der Waals surface area contributed by atoms with Gasteiger partial charge in [0.25, 0.3) is 0 Å². The number of ether oxygens (including phenoxy) is 8. The van der Waals surface area contributed by atoms with E-state index in [1.165, 1.54) is 0 Å². The minimum Gasteiger partial charge on any atom is -0.479 e. The summed E-state index contributed by atoms with van der Waals surface area (Å²) in [4.78, 5) is 40.3. The van der Waals surface area contributed by atoms with Crippen LogP contribution in [0.5, 0.6) is 0 Å². The van der Waals surface area contributed by atoms with E-state index in [9.17, 15) is 75.7 Å². The smallest absolute Gasteiger partial charge is 0.335 e. The van der Waals surface area contributed by atoms with Crippen molar-refractivity contribution in [3.63, 3.8) is 0 Å².